The van der Waals surface area contributed by atoms with Gasteiger partial charge in [0.2, 0.25) is 0 Å². The Bertz CT molecular complexity index is 1010. The van der Waals surface area contributed by atoms with Crippen molar-refractivity contribution in [2.75, 3.05) is 4.72 Å². The lowest BCUT2D eigenvalue weighted by atomic mass is 10.2. The minimum atomic E-state index is -4.05. The van der Waals surface area contributed by atoms with Gasteiger partial charge in [-0.25, -0.2) is 17.6 Å². The number of carboxylic acid groups (broad SMARTS) is 1. The van der Waals surface area contributed by atoms with E-state index in [9.17, 15) is 17.6 Å². The predicted octanol–water partition coefficient (Wildman–Crippen LogP) is 2.20. The predicted molar refractivity (Wildman–Crippen MR) is 80.3 cm³/mol. The molecule has 1 aromatic heterocycles. The first-order valence-corrected chi connectivity index (χ1v) is 7.84. The summed E-state index contributed by atoms with van der Waals surface area (Å²) in [4.78, 5) is 10.6. The fourth-order valence-electron chi connectivity index (χ4n) is 2.05. The highest BCUT2D eigenvalue weighted by molar-refractivity contribution is 7.92. The summed E-state index contributed by atoms with van der Waals surface area (Å²) in [6.45, 7) is 0. The number of hydrogen-bond acceptors (Lipinski definition) is 4. The van der Waals surface area contributed by atoms with Crippen LogP contribution in [-0.2, 0) is 10.0 Å². The maximum atomic E-state index is 13.4. The van der Waals surface area contributed by atoms with Crippen molar-refractivity contribution < 1.29 is 22.7 Å². The van der Waals surface area contributed by atoms with E-state index in [0.717, 1.165) is 23.6 Å². The number of aromatic amines is 1. The molecule has 0 bridgehead atoms. The molecule has 3 aromatic rings. The number of nitrogens with zero attached hydrogens (tertiary/aromatic N) is 1. The lowest BCUT2D eigenvalue weighted by Crippen LogP contribution is -2.14. The van der Waals surface area contributed by atoms with Crippen LogP contribution in [0.2, 0.25) is 0 Å². The zero-order chi connectivity index (χ0) is 16.6. The fourth-order valence-corrected chi connectivity index (χ4v) is 3.13. The average Bonchev–Trinajstić information content (AvgIpc) is 2.94. The van der Waals surface area contributed by atoms with Crippen molar-refractivity contribution in [1.82, 2.24) is 10.2 Å². The normalized spacial score (nSPS) is 11.5. The van der Waals surface area contributed by atoms with Crippen molar-refractivity contribution in [3.63, 3.8) is 0 Å². The first kappa shape index (κ1) is 15.0. The molecule has 0 aliphatic rings. The van der Waals surface area contributed by atoms with E-state index in [4.69, 9.17) is 5.11 Å². The van der Waals surface area contributed by atoms with Gasteiger partial charge >= 0.3 is 5.97 Å². The minimum absolute atomic E-state index is 0.267. The molecule has 3 N–H and O–H groups in total. The second-order valence-electron chi connectivity index (χ2n) is 4.72. The number of halogens is 1. The molecule has 0 unspecified atom stereocenters. The molecule has 2 aromatic carbocycles. The number of carboxylic acids is 1. The Hall–Kier alpha value is -2.94. The van der Waals surface area contributed by atoms with Crippen LogP contribution in [0, 0.1) is 5.82 Å². The third-order valence-electron chi connectivity index (χ3n) is 3.17. The second-order valence-corrected chi connectivity index (χ2v) is 6.41. The van der Waals surface area contributed by atoms with Crippen LogP contribution in [-0.4, -0.2) is 29.7 Å². The Morgan fingerprint density at radius 3 is 2.74 bits per heavy atom. The summed E-state index contributed by atoms with van der Waals surface area (Å²) in [7, 11) is -4.05. The van der Waals surface area contributed by atoms with Gasteiger partial charge in [0.1, 0.15) is 5.82 Å². The molecule has 3 rings (SSSR count). The van der Waals surface area contributed by atoms with Crippen molar-refractivity contribution in [3.8, 4) is 0 Å². The van der Waals surface area contributed by atoms with Crippen LogP contribution < -0.4 is 4.72 Å². The van der Waals surface area contributed by atoms with Gasteiger partial charge in [0.25, 0.3) is 10.0 Å². The third-order valence-corrected chi connectivity index (χ3v) is 4.55. The number of sulfonamides is 1. The van der Waals surface area contributed by atoms with Gasteiger partial charge in [-0.1, -0.05) is 0 Å². The van der Waals surface area contributed by atoms with Gasteiger partial charge in [-0.2, -0.15) is 5.10 Å². The van der Waals surface area contributed by atoms with E-state index in [1.54, 1.807) is 18.3 Å². The van der Waals surface area contributed by atoms with E-state index in [1.807, 2.05) is 0 Å². The molecule has 1 heterocycles. The highest BCUT2D eigenvalue weighted by Crippen LogP contribution is 2.21. The Morgan fingerprint density at radius 1 is 1.22 bits per heavy atom. The molecule has 9 heteroatoms. The number of carbonyl (C=O) groups is 1. The van der Waals surface area contributed by atoms with Crippen molar-refractivity contribution in [2.45, 2.75) is 4.90 Å². The first-order valence-electron chi connectivity index (χ1n) is 6.35. The molecule has 118 valence electrons. The van der Waals surface area contributed by atoms with Gasteiger partial charge in [0.05, 0.1) is 27.9 Å². The molecule has 7 nitrogen and oxygen atoms in total. The van der Waals surface area contributed by atoms with E-state index < -0.39 is 27.4 Å². The van der Waals surface area contributed by atoms with Crippen LogP contribution >= 0.6 is 0 Å². The molecule has 0 spiro atoms. The van der Waals surface area contributed by atoms with Crippen molar-refractivity contribution in [1.29, 1.82) is 0 Å². The Kier molecular flexibility index (Phi) is 3.49. The van der Waals surface area contributed by atoms with Crippen molar-refractivity contribution >= 4 is 32.6 Å². The molecule has 23 heavy (non-hydrogen) atoms. The quantitative estimate of drug-likeness (QED) is 0.676. The fraction of sp³-hybridized carbons (Fsp3) is 0. The van der Waals surface area contributed by atoms with E-state index in [-0.39, 0.29) is 10.6 Å². The molecular weight excluding hydrogens is 325 g/mol. The van der Waals surface area contributed by atoms with Gasteiger partial charge in [0.15, 0.2) is 0 Å². The summed E-state index contributed by atoms with van der Waals surface area (Å²) in [6.07, 6.45) is 1.59. The standard InChI is InChI=1S/C14H10FN3O4S/c15-12-4-3-10(6-11(12)14(19)20)23(21,22)18-9-2-1-8-7-16-17-13(8)5-9/h1-7,18H,(H,16,17)(H,19,20). The first-order chi connectivity index (χ1) is 10.9. The maximum absolute atomic E-state index is 13.4. The summed E-state index contributed by atoms with van der Waals surface area (Å²) >= 11 is 0. The van der Waals surface area contributed by atoms with Crippen molar-refractivity contribution in [3.05, 3.63) is 54.0 Å². The highest BCUT2D eigenvalue weighted by atomic mass is 32.2. The molecule has 0 saturated carbocycles. The van der Waals surface area contributed by atoms with Gasteiger partial charge in [0, 0.05) is 5.39 Å². The summed E-state index contributed by atoms with van der Waals surface area (Å²) in [5.74, 6) is -2.55. The number of hydrogen-bond donors (Lipinski definition) is 3. The molecule has 0 amide bonds. The zero-order valence-electron chi connectivity index (χ0n) is 11.4. The van der Waals surface area contributed by atoms with Gasteiger partial charge in [-0.15, -0.1) is 0 Å². The maximum Gasteiger partial charge on any atom is 0.338 e. The zero-order valence-corrected chi connectivity index (χ0v) is 12.3. The summed E-state index contributed by atoms with van der Waals surface area (Å²) in [5, 5.41) is 16.2. The number of benzene rings is 2. The monoisotopic (exact) mass is 335 g/mol. The van der Waals surface area contributed by atoms with Crippen LogP contribution in [0.3, 0.4) is 0 Å². The lowest BCUT2D eigenvalue weighted by Gasteiger charge is -2.09. The van der Waals surface area contributed by atoms with Crippen LogP contribution in [0.1, 0.15) is 10.4 Å². The van der Waals surface area contributed by atoms with E-state index in [2.05, 4.69) is 14.9 Å². The highest BCUT2D eigenvalue weighted by Gasteiger charge is 2.19. The lowest BCUT2D eigenvalue weighted by molar-refractivity contribution is 0.0691. The summed E-state index contributed by atoms with van der Waals surface area (Å²) < 4.78 is 40.3. The summed E-state index contributed by atoms with van der Waals surface area (Å²) in [6, 6.07) is 7.33. The van der Waals surface area contributed by atoms with Crippen LogP contribution in [0.25, 0.3) is 10.9 Å². The largest absolute Gasteiger partial charge is 0.478 e. The molecular formula is C14H10FN3O4S. The molecule has 0 saturated heterocycles. The number of rotatable bonds is 4. The van der Waals surface area contributed by atoms with E-state index in [0.29, 0.717) is 5.52 Å². The molecule has 0 aliphatic carbocycles. The Morgan fingerprint density at radius 2 is 2.00 bits per heavy atom. The SMILES string of the molecule is O=C(O)c1cc(S(=O)(=O)Nc2ccc3cn[nH]c3c2)ccc1F. The van der Waals surface area contributed by atoms with Crippen LogP contribution in [0.15, 0.2) is 47.5 Å². The number of H-pyrrole nitrogens is 1. The average molecular weight is 335 g/mol. The number of nitrogens with one attached hydrogen (secondary N) is 2. The Labute approximate surface area is 129 Å². The third kappa shape index (κ3) is 2.86. The van der Waals surface area contributed by atoms with Gasteiger partial charge in [-0.3, -0.25) is 9.82 Å². The molecule has 0 atom stereocenters. The molecule has 0 fully saturated rings. The van der Waals surface area contributed by atoms with Gasteiger partial charge in [-0.05, 0) is 36.4 Å². The molecule has 0 aliphatic heterocycles. The van der Waals surface area contributed by atoms with E-state index in [1.165, 1.54) is 6.07 Å². The topological polar surface area (TPSA) is 112 Å². The summed E-state index contributed by atoms with van der Waals surface area (Å²) in [5.41, 5.74) is 0.190. The Balaban J connectivity index is 1.98. The molecule has 0 radical (unpaired) electrons. The number of fused-ring (bicyclic) bond motifs is 1. The van der Waals surface area contributed by atoms with Gasteiger partial charge < -0.3 is 5.11 Å². The van der Waals surface area contributed by atoms with E-state index >= 15 is 0 Å². The van der Waals surface area contributed by atoms with Crippen molar-refractivity contribution in [2.24, 2.45) is 0 Å². The second kappa shape index (κ2) is 5.36. The number of aromatic nitrogens is 2. The van der Waals surface area contributed by atoms with Crippen LogP contribution in [0.5, 0.6) is 0 Å². The smallest absolute Gasteiger partial charge is 0.338 e. The number of anilines is 1. The van der Waals surface area contributed by atoms with Crippen LogP contribution in [0.4, 0.5) is 10.1 Å². The minimum Gasteiger partial charge on any atom is -0.478 e. The number of aromatic carboxylic acids is 1.